The van der Waals surface area contributed by atoms with Gasteiger partial charge in [0, 0.05) is 24.0 Å². The summed E-state index contributed by atoms with van der Waals surface area (Å²) in [6, 6.07) is 24.1. The molecule has 1 unspecified atom stereocenters. The summed E-state index contributed by atoms with van der Waals surface area (Å²) in [6.07, 6.45) is -0.684. The molecule has 1 atom stereocenters. The smallest absolute Gasteiger partial charge is 0.265 e. The molecule has 1 N–H and O–H groups in total. The number of anilines is 2. The lowest BCUT2D eigenvalue weighted by atomic mass is 10.0. The fourth-order valence-electron chi connectivity index (χ4n) is 3.13. The van der Waals surface area contributed by atoms with E-state index in [4.69, 9.17) is 4.74 Å². The molecule has 0 aliphatic heterocycles. The first-order valence-electron chi connectivity index (χ1n) is 10.4. The fraction of sp³-hybridized carbons (Fsp3) is 0.231. The third kappa shape index (κ3) is 5.72. The summed E-state index contributed by atoms with van der Waals surface area (Å²) in [5.74, 6) is 0.636. The van der Waals surface area contributed by atoms with Gasteiger partial charge in [0.2, 0.25) is 0 Å². The highest BCUT2D eigenvalue weighted by atomic mass is 16.5. The molecule has 5 nitrogen and oxygen atoms in total. The van der Waals surface area contributed by atoms with Crippen molar-refractivity contribution in [1.29, 1.82) is 0 Å². The first-order valence-corrected chi connectivity index (χ1v) is 10.4. The van der Waals surface area contributed by atoms with Crippen LogP contribution in [0.25, 0.3) is 0 Å². The van der Waals surface area contributed by atoms with Crippen LogP contribution in [0.15, 0.2) is 78.9 Å². The minimum absolute atomic E-state index is 0.156. The number of rotatable bonds is 7. The number of amides is 2. The number of benzene rings is 3. The Morgan fingerprint density at radius 3 is 2.19 bits per heavy atom. The second-order valence-corrected chi connectivity index (χ2v) is 7.75. The Balaban J connectivity index is 1.64. The molecule has 160 valence electrons. The maximum absolute atomic E-state index is 12.8. The van der Waals surface area contributed by atoms with Gasteiger partial charge in [-0.3, -0.25) is 9.59 Å². The molecule has 0 aliphatic carbocycles. The van der Waals surface area contributed by atoms with Gasteiger partial charge in [0.1, 0.15) is 5.75 Å². The van der Waals surface area contributed by atoms with E-state index >= 15 is 0 Å². The molecule has 3 aromatic carbocycles. The van der Waals surface area contributed by atoms with Crippen LogP contribution in [0.4, 0.5) is 11.4 Å². The van der Waals surface area contributed by atoms with E-state index in [-0.39, 0.29) is 11.8 Å². The fourth-order valence-corrected chi connectivity index (χ4v) is 3.13. The maximum atomic E-state index is 12.8. The van der Waals surface area contributed by atoms with E-state index in [0.29, 0.717) is 22.9 Å². The number of ether oxygens (including phenoxy) is 1. The summed E-state index contributed by atoms with van der Waals surface area (Å²) in [6.45, 7) is 5.95. The lowest BCUT2D eigenvalue weighted by Gasteiger charge is -2.18. The zero-order chi connectivity index (χ0) is 22.4. The van der Waals surface area contributed by atoms with Gasteiger partial charge in [0.15, 0.2) is 6.10 Å². The first-order chi connectivity index (χ1) is 14.8. The predicted molar refractivity (Wildman–Crippen MR) is 125 cm³/mol. The molecule has 0 aliphatic rings. The van der Waals surface area contributed by atoms with Crippen LogP contribution < -0.4 is 15.0 Å². The zero-order valence-electron chi connectivity index (χ0n) is 18.3. The van der Waals surface area contributed by atoms with E-state index in [0.717, 1.165) is 5.69 Å². The molecule has 0 aromatic heterocycles. The molecular weight excluding hydrogens is 388 g/mol. The molecule has 0 fully saturated rings. The standard InChI is InChI=1S/C26H28N2O3/c1-18(2)20-13-15-24(16-14-20)31-19(3)25(29)27-22-10-8-9-21(17-22)26(30)28(4)23-11-6-5-7-12-23/h5-19H,1-4H3,(H,27,29). The molecule has 0 saturated heterocycles. The van der Waals surface area contributed by atoms with Gasteiger partial charge in [-0.15, -0.1) is 0 Å². The molecule has 0 radical (unpaired) electrons. The van der Waals surface area contributed by atoms with E-state index in [1.54, 1.807) is 43.1 Å². The largest absolute Gasteiger partial charge is 0.481 e. The highest BCUT2D eigenvalue weighted by molar-refractivity contribution is 6.06. The van der Waals surface area contributed by atoms with Gasteiger partial charge in [-0.25, -0.2) is 0 Å². The van der Waals surface area contributed by atoms with Gasteiger partial charge in [-0.05, 0) is 60.9 Å². The molecule has 0 spiro atoms. The van der Waals surface area contributed by atoms with E-state index in [9.17, 15) is 9.59 Å². The van der Waals surface area contributed by atoms with Gasteiger partial charge in [0.05, 0.1) is 0 Å². The van der Waals surface area contributed by atoms with E-state index in [1.165, 1.54) is 5.56 Å². The van der Waals surface area contributed by atoms with Crippen LogP contribution in [0.3, 0.4) is 0 Å². The van der Waals surface area contributed by atoms with Crippen molar-refractivity contribution in [2.75, 3.05) is 17.3 Å². The van der Waals surface area contributed by atoms with Crippen LogP contribution in [-0.2, 0) is 4.79 Å². The summed E-state index contributed by atoms with van der Waals surface area (Å²) in [7, 11) is 1.73. The highest BCUT2D eigenvalue weighted by Gasteiger charge is 2.17. The van der Waals surface area contributed by atoms with Crippen molar-refractivity contribution in [3.8, 4) is 5.75 Å². The minimum atomic E-state index is -0.684. The van der Waals surface area contributed by atoms with E-state index in [2.05, 4.69) is 19.2 Å². The van der Waals surface area contributed by atoms with E-state index < -0.39 is 6.10 Å². The predicted octanol–water partition coefficient (Wildman–Crippen LogP) is 5.49. The van der Waals surface area contributed by atoms with Gasteiger partial charge in [-0.1, -0.05) is 50.2 Å². The quantitative estimate of drug-likeness (QED) is 0.554. The molecule has 31 heavy (non-hydrogen) atoms. The van der Waals surface area contributed by atoms with Gasteiger partial charge in [-0.2, -0.15) is 0 Å². The Hall–Kier alpha value is -3.60. The van der Waals surface area contributed by atoms with Crippen LogP contribution in [0, 0.1) is 0 Å². The van der Waals surface area contributed by atoms with E-state index in [1.807, 2.05) is 54.6 Å². The third-order valence-corrected chi connectivity index (χ3v) is 5.05. The number of carbonyl (C=O) groups is 2. The van der Waals surface area contributed by atoms with Crippen molar-refractivity contribution < 1.29 is 14.3 Å². The Labute approximate surface area is 183 Å². The molecule has 0 bridgehead atoms. The van der Waals surface area contributed by atoms with Crippen molar-refractivity contribution in [3.63, 3.8) is 0 Å². The van der Waals surface area contributed by atoms with Gasteiger partial charge in [0.25, 0.3) is 11.8 Å². The lowest BCUT2D eigenvalue weighted by Crippen LogP contribution is -2.30. The number of carbonyl (C=O) groups excluding carboxylic acids is 2. The number of nitrogens with zero attached hydrogens (tertiary/aromatic N) is 1. The number of nitrogens with one attached hydrogen (secondary N) is 1. The Kier molecular flexibility index (Phi) is 7.08. The Morgan fingerprint density at radius 2 is 1.55 bits per heavy atom. The number of hydrogen-bond donors (Lipinski definition) is 1. The van der Waals surface area contributed by atoms with Crippen molar-refractivity contribution in [3.05, 3.63) is 90.0 Å². The molecule has 2 amide bonds. The number of hydrogen-bond acceptors (Lipinski definition) is 3. The maximum Gasteiger partial charge on any atom is 0.265 e. The first kappa shape index (κ1) is 22.1. The summed E-state index contributed by atoms with van der Waals surface area (Å²) in [4.78, 5) is 27.0. The molecule has 3 aromatic rings. The second kappa shape index (κ2) is 9.94. The molecular formula is C26H28N2O3. The van der Waals surface area contributed by atoms with Crippen molar-refractivity contribution >= 4 is 23.2 Å². The summed E-state index contributed by atoms with van der Waals surface area (Å²) in [5.41, 5.74) is 3.05. The SMILES string of the molecule is CC(Oc1ccc(C(C)C)cc1)C(=O)Nc1cccc(C(=O)N(C)c2ccccc2)c1. The second-order valence-electron chi connectivity index (χ2n) is 7.75. The lowest BCUT2D eigenvalue weighted by molar-refractivity contribution is -0.122. The van der Waals surface area contributed by atoms with Gasteiger partial charge < -0.3 is 15.0 Å². The zero-order valence-corrected chi connectivity index (χ0v) is 18.3. The summed E-state index contributed by atoms with van der Waals surface area (Å²) >= 11 is 0. The summed E-state index contributed by atoms with van der Waals surface area (Å²) < 4.78 is 5.77. The summed E-state index contributed by atoms with van der Waals surface area (Å²) in [5, 5.41) is 2.83. The van der Waals surface area contributed by atoms with Crippen LogP contribution in [-0.4, -0.2) is 25.0 Å². The highest BCUT2D eigenvalue weighted by Crippen LogP contribution is 2.21. The molecule has 5 heteroatoms. The van der Waals surface area contributed by atoms with Crippen LogP contribution in [0.2, 0.25) is 0 Å². The molecule has 0 saturated carbocycles. The van der Waals surface area contributed by atoms with Crippen molar-refractivity contribution in [2.24, 2.45) is 0 Å². The van der Waals surface area contributed by atoms with Gasteiger partial charge >= 0.3 is 0 Å². The molecule has 3 rings (SSSR count). The Bertz CT molecular complexity index is 1030. The minimum Gasteiger partial charge on any atom is -0.481 e. The van der Waals surface area contributed by atoms with Crippen LogP contribution >= 0.6 is 0 Å². The van der Waals surface area contributed by atoms with Crippen LogP contribution in [0.5, 0.6) is 5.75 Å². The van der Waals surface area contributed by atoms with Crippen LogP contribution in [0.1, 0.15) is 42.6 Å². The third-order valence-electron chi connectivity index (χ3n) is 5.05. The normalized spacial score (nSPS) is 11.6. The molecule has 0 heterocycles. The van der Waals surface area contributed by atoms with Crippen molar-refractivity contribution in [2.45, 2.75) is 32.8 Å². The monoisotopic (exact) mass is 416 g/mol. The van der Waals surface area contributed by atoms with Crippen molar-refractivity contribution in [1.82, 2.24) is 0 Å². The topological polar surface area (TPSA) is 58.6 Å². The average molecular weight is 417 g/mol. The average Bonchev–Trinajstić information content (AvgIpc) is 2.79. The Morgan fingerprint density at radius 1 is 0.871 bits per heavy atom. The number of para-hydroxylation sites is 1.